The van der Waals surface area contributed by atoms with Crippen LogP contribution in [0.1, 0.15) is 38.2 Å². The van der Waals surface area contributed by atoms with Gasteiger partial charge in [-0.2, -0.15) is 0 Å². The summed E-state index contributed by atoms with van der Waals surface area (Å²) in [5.41, 5.74) is 0.842. The highest BCUT2D eigenvalue weighted by atomic mass is 79.9. The van der Waals surface area contributed by atoms with E-state index in [-0.39, 0.29) is 5.82 Å². The Morgan fingerprint density at radius 3 is 2.53 bits per heavy atom. The van der Waals surface area contributed by atoms with Crippen molar-refractivity contribution < 1.29 is 4.39 Å². The zero-order valence-electron chi connectivity index (χ0n) is 9.34. The first kappa shape index (κ1) is 12.7. The maximum atomic E-state index is 13.6. The molecule has 0 aliphatic heterocycles. The van der Waals surface area contributed by atoms with Gasteiger partial charge in [-0.15, -0.1) is 0 Å². The van der Waals surface area contributed by atoms with Gasteiger partial charge in [0.25, 0.3) is 0 Å². The van der Waals surface area contributed by atoms with Crippen molar-refractivity contribution in [1.82, 2.24) is 0 Å². The minimum atomic E-state index is -0.0785. The fourth-order valence-corrected chi connectivity index (χ4v) is 2.34. The highest BCUT2D eigenvalue weighted by molar-refractivity contribution is 9.09. The van der Waals surface area contributed by atoms with Crippen molar-refractivity contribution in [1.29, 1.82) is 0 Å². The zero-order chi connectivity index (χ0) is 11.3. The van der Waals surface area contributed by atoms with Gasteiger partial charge >= 0.3 is 0 Å². The highest BCUT2D eigenvalue weighted by Crippen LogP contribution is 2.28. The minimum absolute atomic E-state index is 0.0785. The van der Waals surface area contributed by atoms with Crippen LogP contribution in [0.15, 0.2) is 24.3 Å². The summed E-state index contributed by atoms with van der Waals surface area (Å²) in [6.45, 7) is 4.40. The number of alkyl halides is 1. The van der Waals surface area contributed by atoms with E-state index in [0.717, 1.165) is 23.7 Å². The van der Waals surface area contributed by atoms with Crippen LogP contribution < -0.4 is 0 Å². The van der Waals surface area contributed by atoms with E-state index in [9.17, 15) is 4.39 Å². The molecule has 0 heterocycles. The predicted molar refractivity (Wildman–Crippen MR) is 67.0 cm³/mol. The van der Waals surface area contributed by atoms with Crippen LogP contribution in [0.5, 0.6) is 0 Å². The Morgan fingerprint density at radius 1 is 1.33 bits per heavy atom. The van der Waals surface area contributed by atoms with Gasteiger partial charge in [-0.25, -0.2) is 4.39 Å². The molecule has 0 aliphatic carbocycles. The lowest BCUT2D eigenvalue weighted by molar-refractivity contribution is 0.464. The molecule has 1 rings (SSSR count). The van der Waals surface area contributed by atoms with E-state index < -0.39 is 0 Å². The van der Waals surface area contributed by atoms with E-state index in [1.807, 2.05) is 12.1 Å². The molecule has 1 aromatic carbocycles. The van der Waals surface area contributed by atoms with Gasteiger partial charge in [0.05, 0.1) is 0 Å². The molecule has 0 spiro atoms. The summed E-state index contributed by atoms with van der Waals surface area (Å²) in [7, 11) is 0. The molecule has 0 bridgehead atoms. The number of benzene rings is 1. The van der Waals surface area contributed by atoms with Crippen molar-refractivity contribution in [3.8, 4) is 0 Å². The van der Waals surface area contributed by atoms with Crippen molar-refractivity contribution in [2.24, 2.45) is 5.92 Å². The second-order valence-corrected chi connectivity index (χ2v) is 4.77. The first-order valence-corrected chi connectivity index (χ1v) is 6.61. The molecule has 1 aromatic rings. The molecular formula is C13H18BrF. The van der Waals surface area contributed by atoms with E-state index in [1.54, 1.807) is 12.1 Å². The van der Waals surface area contributed by atoms with Crippen LogP contribution in [0.2, 0.25) is 0 Å². The molecule has 15 heavy (non-hydrogen) atoms. The van der Waals surface area contributed by atoms with Crippen LogP contribution >= 0.6 is 15.9 Å². The highest BCUT2D eigenvalue weighted by Gasteiger charge is 2.16. The molecule has 84 valence electrons. The van der Waals surface area contributed by atoms with Crippen LogP contribution in [0, 0.1) is 11.7 Å². The molecule has 2 unspecified atom stereocenters. The number of halogens is 2. The molecule has 0 radical (unpaired) electrons. The number of hydrogen-bond acceptors (Lipinski definition) is 0. The molecule has 0 aliphatic rings. The molecule has 2 atom stereocenters. The third kappa shape index (κ3) is 3.60. The normalized spacial score (nSPS) is 14.9. The monoisotopic (exact) mass is 272 g/mol. The average Bonchev–Trinajstić information content (AvgIpc) is 2.26. The first-order valence-electron chi connectivity index (χ1n) is 5.49. The average molecular weight is 273 g/mol. The summed E-state index contributed by atoms with van der Waals surface area (Å²) in [6.07, 6.45) is 2.20. The lowest BCUT2D eigenvalue weighted by Crippen LogP contribution is -2.07. The largest absolute Gasteiger partial charge is 0.207 e. The Labute approximate surface area is 100 Å². The quantitative estimate of drug-likeness (QED) is 0.680. The van der Waals surface area contributed by atoms with Gasteiger partial charge < -0.3 is 0 Å². The molecule has 0 nitrogen and oxygen atoms in total. The van der Waals surface area contributed by atoms with E-state index in [1.165, 1.54) is 0 Å². The van der Waals surface area contributed by atoms with E-state index in [0.29, 0.717) is 11.8 Å². The van der Waals surface area contributed by atoms with Crippen molar-refractivity contribution in [3.05, 3.63) is 35.6 Å². The second kappa shape index (κ2) is 6.26. The SMILES string of the molecule is CCC(C)CC(CBr)c1ccccc1F. The third-order valence-corrected chi connectivity index (χ3v) is 3.70. The van der Waals surface area contributed by atoms with Gasteiger partial charge in [-0.1, -0.05) is 54.4 Å². The molecule has 0 saturated carbocycles. The zero-order valence-corrected chi connectivity index (χ0v) is 10.9. The van der Waals surface area contributed by atoms with Crippen molar-refractivity contribution in [2.45, 2.75) is 32.6 Å². The van der Waals surface area contributed by atoms with Crippen LogP contribution in [-0.2, 0) is 0 Å². The molecule has 0 N–H and O–H groups in total. The van der Waals surface area contributed by atoms with Crippen molar-refractivity contribution in [2.75, 3.05) is 5.33 Å². The predicted octanol–water partition coefficient (Wildman–Crippen LogP) is 4.74. The fourth-order valence-electron chi connectivity index (χ4n) is 1.73. The Kier molecular flexibility index (Phi) is 5.30. The van der Waals surface area contributed by atoms with Crippen LogP contribution in [0.25, 0.3) is 0 Å². The second-order valence-electron chi connectivity index (χ2n) is 4.12. The van der Waals surface area contributed by atoms with Crippen molar-refractivity contribution in [3.63, 3.8) is 0 Å². The van der Waals surface area contributed by atoms with Crippen molar-refractivity contribution >= 4 is 15.9 Å². The standard InChI is InChI=1S/C13H18BrF/c1-3-10(2)8-11(9-14)12-6-4-5-7-13(12)15/h4-7,10-11H,3,8-9H2,1-2H3. The van der Waals surface area contributed by atoms with E-state index in [4.69, 9.17) is 0 Å². The summed E-state index contributed by atoms with van der Waals surface area (Å²) < 4.78 is 13.6. The fraction of sp³-hybridized carbons (Fsp3) is 0.538. The Morgan fingerprint density at radius 2 is 2.00 bits per heavy atom. The van der Waals surface area contributed by atoms with Crippen LogP contribution in [-0.4, -0.2) is 5.33 Å². The minimum Gasteiger partial charge on any atom is -0.207 e. The lowest BCUT2D eigenvalue weighted by atomic mass is 9.89. The molecule has 2 heteroatoms. The number of hydrogen-bond donors (Lipinski definition) is 0. The van der Waals surface area contributed by atoms with Gasteiger partial charge in [-0.05, 0) is 29.9 Å². The molecule has 0 saturated heterocycles. The van der Waals surface area contributed by atoms with Gasteiger partial charge in [0.1, 0.15) is 5.82 Å². The molecular weight excluding hydrogens is 255 g/mol. The summed E-state index contributed by atoms with van der Waals surface area (Å²) in [5, 5.41) is 0.832. The Bertz CT molecular complexity index is 298. The van der Waals surface area contributed by atoms with E-state index in [2.05, 4.69) is 29.8 Å². The molecule has 0 fully saturated rings. The smallest absolute Gasteiger partial charge is 0.126 e. The van der Waals surface area contributed by atoms with Gasteiger partial charge in [0.2, 0.25) is 0 Å². The Balaban J connectivity index is 2.78. The molecule has 0 amide bonds. The first-order chi connectivity index (χ1) is 7.19. The summed E-state index contributed by atoms with van der Waals surface area (Å²) in [6, 6.07) is 7.09. The van der Waals surface area contributed by atoms with Crippen LogP contribution in [0.3, 0.4) is 0 Å². The van der Waals surface area contributed by atoms with Gasteiger partial charge in [-0.3, -0.25) is 0 Å². The summed E-state index contributed by atoms with van der Waals surface area (Å²) in [5.74, 6) is 0.860. The maximum absolute atomic E-state index is 13.6. The maximum Gasteiger partial charge on any atom is 0.126 e. The van der Waals surface area contributed by atoms with Gasteiger partial charge in [0.15, 0.2) is 0 Å². The number of rotatable bonds is 5. The van der Waals surface area contributed by atoms with Gasteiger partial charge in [0, 0.05) is 5.33 Å². The van der Waals surface area contributed by atoms with Crippen LogP contribution in [0.4, 0.5) is 4.39 Å². The van der Waals surface area contributed by atoms with E-state index >= 15 is 0 Å². The summed E-state index contributed by atoms with van der Waals surface area (Å²) in [4.78, 5) is 0. The Hall–Kier alpha value is -0.370. The topological polar surface area (TPSA) is 0 Å². The molecule has 0 aromatic heterocycles. The lowest BCUT2D eigenvalue weighted by Gasteiger charge is -2.18. The third-order valence-electron chi connectivity index (χ3n) is 2.92. The summed E-state index contributed by atoms with van der Waals surface area (Å²) >= 11 is 3.48.